The van der Waals surface area contributed by atoms with Crippen LogP contribution in [0.15, 0.2) is 0 Å². The van der Waals surface area contributed by atoms with Gasteiger partial charge in [0.2, 0.25) is 0 Å². The fraction of sp³-hybridized carbons (Fsp3) is 1.00. The molecule has 1 saturated heterocycles. The Hall–Kier alpha value is 0.440. The first kappa shape index (κ1) is 8.06. The molecule has 64 valence electrons. The van der Waals surface area contributed by atoms with Gasteiger partial charge in [0.15, 0.2) is 0 Å². The minimum Gasteiger partial charge on any atom is -0.346 e. The molecule has 1 heterocycles. The van der Waals surface area contributed by atoms with Crippen LogP contribution in [-0.4, -0.2) is 17.9 Å². The van der Waals surface area contributed by atoms with E-state index in [9.17, 15) is 0 Å². The van der Waals surface area contributed by atoms with E-state index in [2.05, 4.69) is 21.2 Å². The van der Waals surface area contributed by atoms with Crippen LogP contribution in [0, 0.1) is 11.8 Å². The summed E-state index contributed by atoms with van der Waals surface area (Å²) in [6, 6.07) is 0. The molecular formula is C9H17BrN+. The monoisotopic (exact) mass is 218 g/mol. The van der Waals surface area contributed by atoms with Gasteiger partial charge in [0.05, 0.1) is 13.1 Å². The van der Waals surface area contributed by atoms with Crippen LogP contribution >= 0.6 is 15.9 Å². The Kier molecular flexibility index (Phi) is 2.52. The molecule has 2 fully saturated rings. The van der Waals surface area contributed by atoms with Gasteiger partial charge in [0.25, 0.3) is 0 Å². The maximum atomic E-state index is 3.82. The van der Waals surface area contributed by atoms with Gasteiger partial charge in [0.1, 0.15) is 0 Å². The highest BCUT2D eigenvalue weighted by atomic mass is 79.9. The Morgan fingerprint density at radius 1 is 1.18 bits per heavy atom. The summed E-state index contributed by atoms with van der Waals surface area (Å²) in [7, 11) is 0. The van der Waals surface area contributed by atoms with Gasteiger partial charge in [0, 0.05) is 17.2 Å². The predicted octanol–water partition coefficient (Wildman–Crippen LogP) is 1.13. The van der Waals surface area contributed by atoms with Gasteiger partial charge in [-0.2, -0.15) is 0 Å². The topological polar surface area (TPSA) is 16.6 Å². The summed E-state index contributed by atoms with van der Waals surface area (Å²) in [4.78, 5) is 0.843. The van der Waals surface area contributed by atoms with Gasteiger partial charge in [-0.15, -0.1) is 0 Å². The third-order valence-corrected chi connectivity index (χ3v) is 4.44. The van der Waals surface area contributed by atoms with E-state index >= 15 is 0 Å². The van der Waals surface area contributed by atoms with Gasteiger partial charge in [-0.3, -0.25) is 0 Å². The highest BCUT2D eigenvalue weighted by molar-refractivity contribution is 9.09. The molecule has 0 aromatic heterocycles. The highest BCUT2D eigenvalue weighted by Gasteiger charge is 2.35. The summed E-state index contributed by atoms with van der Waals surface area (Å²) in [5.74, 6) is 2.04. The van der Waals surface area contributed by atoms with E-state index in [1.165, 1.54) is 38.8 Å². The molecule has 2 rings (SSSR count). The molecule has 0 radical (unpaired) electrons. The van der Waals surface area contributed by atoms with Gasteiger partial charge in [-0.05, 0) is 18.8 Å². The quantitative estimate of drug-likeness (QED) is 0.588. The van der Waals surface area contributed by atoms with Crippen LogP contribution in [-0.2, 0) is 0 Å². The van der Waals surface area contributed by atoms with Crippen LogP contribution in [0.2, 0.25) is 0 Å². The molecule has 0 spiro atoms. The summed E-state index contributed by atoms with van der Waals surface area (Å²) >= 11 is 3.82. The number of alkyl halides is 1. The van der Waals surface area contributed by atoms with Gasteiger partial charge < -0.3 is 5.32 Å². The highest BCUT2D eigenvalue weighted by Crippen LogP contribution is 2.36. The second kappa shape index (κ2) is 3.44. The number of quaternary nitrogens is 1. The number of hydrogen-bond acceptors (Lipinski definition) is 0. The lowest BCUT2D eigenvalue weighted by Crippen LogP contribution is -2.88. The molecule has 11 heavy (non-hydrogen) atoms. The third kappa shape index (κ3) is 1.62. The Morgan fingerprint density at radius 3 is 2.91 bits per heavy atom. The van der Waals surface area contributed by atoms with E-state index < -0.39 is 0 Å². The van der Waals surface area contributed by atoms with Crippen molar-refractivity contribution in [3.8, 4) is 0 Å². The molecule has 0 aromatic carbocycles. The Balaban J connectivity index is 1.99. The average molecular weight is 219 g/mol. The van der Waals surface area contributed by atoms with Crippen molar-refractivity contribution >= 4 is 15.9 Å². The molecule has 1 aliphatic heterocycles. The third-order valence-electron chi connectivity index (χ3n) is 3.30. The smallest absolute Gasteiger partial charge is 0.0787 e. The van der Waals surface area contributed by atoms with Crippen molar-refractivity contribution in [2.75, 3.05) is 13.1 Å². The molecule has 0 aromatic rings. The fourth-order valence-corrected chi connectivity index (χ4v) is 3.67. The molecule has 0 bridgehead atoms. The van der Waals surface area contributed by atoms with E-state index in [0.29, 0.717) is 0 Å². The minimum atomic E-state index is 0.843. The number of fused-ring (bicyclic) bond motifs is 1. The molecule has 3 atom stereocenters. The first-order chi connectivity index (χ1) is 5.38. The number of hydrogen-bond donors (Lipinski definition) is 1. The zero-order valence-corrected chi connectivity index (χ0v) is 8.52. The van der Waals surface area contributed by atoms with Crippen LogP contribution < -0.4 is 5.32 Å². The molecule has 1 nitrogen and oxygen atoms in total. The average Bonchev–Trinajstić information content (AvgIpc) is 2.06. The fourth-order valence-electron chi connectivity index (χ4n) is 2.65. The van der Waals surface area contributed by atoms with Crippen LogP contribution in [0.4, 0.5) is 0 Å². The normalized spacial score (nSPS) is 45.0. The van der Waals surface area contributed by atoms with E-state index in [4.69, 9.17) is 0 Å². The molecule has 2 N–H and O–H groups in total. The lowest BCUT2D eigenvalue weighted by molar-refractivity contribution is -0.672. The Morgan fingerprint density at radius 2 is 2.09 bits per heavy atom. The lowest BCUT2D eigenvalue weighted by atomic mass is 9.75. The van der Waals surface area contributed by atoms with Crippen LogP contribution in [0.25, 0.3) is 0 Å². The molecule has 2 aliphatic rings. The summed E-state index contributed by atoms with van der Waals surface area (Å²) in [6.45, 7) is 2.76. The summed E-state index contributed by atoms with van der Waals surface area (Å²) < 4.78 is 0. The number of nitrogens with two attached hydrogens (primary N) is 1. The summed E-state index contributed by atoms with van der Waals surface area (Å²) in [5, 5.41) is 2.49. The van der Waals surface area contributed by atoms with Crippen LogP contribution in [0.3, 0.4) is 0 Å². The standard InChI is InChI=1S/C9H16BrN/c10-9-3-1-2-7-6-11-5-4-8(7)9/h7-9,11H,1-6H2/p+1/t7-,8-,9+/m0/s1. The van der Waals surface area contributed by atoms with Crippen molar-refractivity contribution in [3.05, 3.63) is 0 Å². The van der Waals surface area contributed by atoms with E-state index in [1.54, 1.807) is 0 Å². The minimum absolute atomic E-state index is 0.843. The molecule has 0 unspecified atom stereocenters. The summed E-state index contributed by atoms with van der Waals surface area (Å²) in [6.07, 6.45) is 5.80. The summed E-state index contributed by atoms with van der Waals surface area (Å²) in [5.41, 5.74) is 0. The molecule has 0 amide bonds. The van der Waals surface area contributed by atoms with E-state index in [1.807, 2.05) is 0 Å². The molecule has 1 saturated carbocycles. The second-order valence-electron chi connectivity index (χ2n) is 3.97. The lowest BCUT2D eigenvalue weighted by Gasteiger charge is -2.37. The number of halogens is 1. The largest absolute Gasteiger partial charge is 0.346 e. The second-order valence-corrected chi connectivity index (χ2v) is 5.15. The number of piperidine rings is 1. The van der Waals surface area contributed by atoms with Gasteiger partial charge in [-0.1, -0.05) is 22.4 Å². The van der Waals surface area contributed by atoms with E-state index in [0.717, 1.165) is 16.7 Å². The SMILES string of the molecule is Br[C@@H]1CCC[C@H]2C[NH2+]CC[C@@H]21. The van der Waals surface area contributed by atoms with Crippen LogP contribution in [0.5, 0.6) is 0 Å². The van der Waals surface area contributed by atoms with Crippen molar-refractivity contribution < 1.29 is 5.32 Å². The van der Waals surface area contributed by atoms with Gasteiger partial charge >= 0.3 is 0 Å². The zero-order valence-electron chi connectivity index (χ0n) is 6.93. The molecule has 2 heteroatoms. The van der Waals surface area contributed by atoms with Crippen molar-refractivity contribution in [1.82, 2.24) is 0 Å². The Labute approximate surface area is 77.1 Å². The number of rotatable bonds is 0. The first-order valence-corrected chi connectivity index (χ1v) is 5.75. The maximum absolute atomic E-state index is 3.82. The molecular weight excluding hydrogens is 202 g/mol. The predicted molar refractivity (Wildman–Crippen MR) is 49.8 cm³/mol. The maximum Gasteiger partial charge on any atom is 0.0787 e. The van der Waals surface area contributed by atoms with Crippen molar-refractivity contribution in [2.45, 2.75) is 30.5 Å². The first-order valence-electron chi connectivity index (χ1n) is 4.83. The van der Waals surface area contributed by atoms with Crippen LogP contribution in [0.1, 0.15) is 25.7 Å². The van der Waals surface area contributed by atoms with Crippen molar-refractivity contribution in [2.24, 2.45) is 11.8 Å². The molecule has 1 aliphatic carbocycles. The van der Waals surface area contributed by atoms with Crippen molar-refractivity contribution in [3.63, 3.8) is 0 Å². The zero-order chi connectivity index (χ0) is 7.68. The Bertz CT molecular complexity index is 136. The van der Waals surface area contributed by atoms with Crippen molar-refractivity contribution in [1.29, 1.82) is 0 Å². The van der Waals surface area contributed by atoms with E-state index in [-0.39, 0.29) is 0 Å². The van der Waals surface area contributed by atoms with Gasteiger partial charge in [-0.25, -0.2) is 0 Å².